The van der Waals surface area contributed by atoms with Gasteiger partial charge in [0.25, 0.3) is 0 Å². The van der Waals surface area contributed by atoms with Crippen molar-refractivity contribution >= 4 is 11.6 Å². The molecule has 2 aromatic carbocycles. The van der Waals surface area contributed by atoms with E-state index in [-0.39, 0.29) is 5.56 Å². The van der Waals surface area contributed by atoms with Crippen molar-refractivity contribution in [2.45, 2.75) is 43.5 Å². The number of rotatable bonds is 6. The second-order valence-electron chi connectivity index (χ2n) is 8.20. The summed E-state index contributed by atoms with van der Waals surface area (Å²) in [6.07, 6.45) is -6.02. The van der Waals surface area contributed by atoms with Gasteiger partial charge in [-0.3, -0.25) is 0 Å². The Morgan fingerprint density at radius 3 is 2.38 bits per heavy atom. The second-order valence-corrected chi connectivity index (χ2v) is 8.61. The number of hydrogen-bond donors (Lipinski definition) is 5. The lowest BCUT2D eigenvalue weighted by Crippen LogP contribution is -2.63. The molecule has 2 heterocycles. The number of halogens is 1. The third-order valence-corrected chi connectivity index (χ3v) is 6.11. The summed E-state index contributed by atoms with van der Waals surface area (Å²) in [5, 5.41) is 59.4. The van der Waals surface area contributed by atoms with Crippen LogP contribution >= 0.6 is 11.6 Å². The van der Waals surface area contributed by atoms with Gasteiger partial charge in [0.1, 0.15) is 30.2 Å². The molecule has 1 aliphatic heterocycles. The van der Waals surface area contributed by atoms with Crippen molar-refractivity contribution in [2.24, 2.45) is 0 Å². The highest BCUT2D eigenvalue weighted by molar-refractivity contribution is 6.31. The lowest BCUT2D eigenvalue weighted by molar-refractivity contribution is -0.357. The molecule has 5 N–H and O–H groups in total. The summed E-state index contributed by atoms with van der Waals surface area (Å²) in [6, 6.07) is 15.3. The third kappa shape index (κ3) is 4.91. The Morgan fingerprint density at radius 2 is 1.74 bits per heavy atom. The van der Waals surface area contributed by atoms with Gasteiger partial charge in [0, 0.05) is 16.7 Å². The summed E-state index contributed by atoms with van der Waals surface area (Å²) in [4.78, 5) is 0. The fourth-order valence-electron chi connectivity index (χ4n) is 3.78. The smallest absolute Gasteiger partial charge is 0.238 e. The maximum atomic E-state index is 11.1. The maximum Gasteiger partial charge on any atom is 0.238 e. The molecule has 1 saturated heterocycles. The first kappa shape index (κ1) is 24.5. The minimum Gasteiger partial charge on any atom is -0.438 e. The van der Waals surface area contributed by atoms with Crippen molar-refractivity contribution in [3.05, 3.63) is 82.0 Å². The minimum absolute atomic E-state index is 0.127. The van der Waals surface area contributed by atoms with Crippen LogP contribution in [0.2, 0.25) is 5.02 Å². The van der Waals surface area contributed by atoms with Gasteiger partial charge >= 0.3 is 0 Å². The number of aromatic nitrogens is 2. The van der Waals surface area contributed by atoms with E-state index in [1.807, 2.05) is 19.1 Å². The third-order valence-electron chi connectivity index (χ3n) is 5.74. The van der Waals surface area contributed by atoms with Crippen LogP contribution in [-0.4, -0.2) is 66.8 Å². The molecular formula is C24H25ClN2O7. The van der Waals surface area contributed by atoms with Crippen LogP contribution in [0.5, 0.6) is 11.6 Å². The molecule has 4 rings (SSSR count). The van der Waals surface area contributed by atoms with E-state index in [0.29, 0.717) is 28.6 Å². The van der Waals surface area contributed by atoms with Gasteiger partial charge in [-0.25, -0.2) is 0 Å². The first-order chi connectivity index (χ1) is 16.2. The van der Waals surface area contributed by atoms with E-state index >= 15 is 0 Å². The molecule has 0 radical (unpaired) electrons. The van der Waals surface area contributed by atoms with Crippen molar-refractivity contribution in [1.82, 2.24) is 10.2 Å². The van der Waals surface area contributed by atoms with E-state index in [9.17, 15) is 25.5 Å². The predicted molar refractivity (Wildman–Crippen MR) is 121 cm³/mol. The Labute approximate surface area is 200 Å². The highest BCUT2D eigenvalue weighted by atomic mass is 35.5. The van der Waals surface area contributed by atoms with Gasteiger partial charge in [0.15, 0.2) is 0 Å². The second kappa shape index (κ2) is 9.93. The molecule has 0 unspecified atom stereocenters. The van der Waals surface area contributed by atoms with Gasteiger partial charge in [-0.2, -0.15) is 5.10 Å². The maximum absolute atomic E-state index is 11.1. The van der Waals surface area contributed by atoms with E-state index in [2.05, 4.69) is 10.2 Å². The Kier molecular flexibility index (Phi) is 7.15. The van der Waals surface area contributed by atoms with Crippen molar-refractivity contribution in [3.8, 4) is 11.6 Å². The van der Waals surface area contributed by atoms with E-state index in [0.717, 1.165) is 11.3 Å². The van der Waals surface area contributed by atoms with Crippen molar-refractivity contribution in [2.75, 3.05) is 6.61 Å². The van der Waals surface area contributed by atoms with E-state index in [1.165, 1.54) is 6.07 Å². The average Bonchev–Trinajstić information content (AvgIpc) is 2.84. The first-order valence-corrected chi connectivity index (χ1v) is 11.0. The molecular weight excluding hydrogens is 464 g/mol. The monoisotopic (exact) mass is 488 g/mol. The molecule has 34 heavy (non-hydrogen) atoms. The van der Waals surface area contributed by atoms with E-state index in [1.54, 1.807) is 36.4 Å². The highest BCUT2D eigenvalue weighted by Crippen LogP contribution is 2.38. The van der Waals surface area contributed by atoms with Crippen LogP contribution < -0.4 is 4.74 Å². The standard InChI is InChI=1S/C24H25ClN2O7/c1-13-2-9-20(27-26-13)33-17-6-3-14(4-7-17)10-15-11-16(5-8-18(15)25)24(32)23(31)22(30)21(29)19(12-28)34-24/h2-9,11,19,21-23,28-32H,10,12H2,1H3/t19-,21-,22+,23-,24+/m1/s1. The largest absolute Gasteiger partial charge is 0.438 e. The predicted octanol–water partition coefficient (Wildman–Crippen LogP) is 1.44. The lowest BCUT2D eigenvalue weighted by Gasteiger charge is -2.45. The zero-order valence-corrected chi connectivity index (χ0v) is 19.0. The van der Waals surface area contributed by atoms with Crippen LogP contribution in [0.3, 0.4) is 0 Å². The molecule has 0 amide bonds. The molecule has 180 valence electrons. The fourth-order valence-corrected chi connectivity index (χ4v) is 3.97. The lowest BCUT2D eigenvalue weighted by atomic mass is 9.87. The Bertz CT molecular complexity index is 1130. The van der Waals surface area contributed by atoms with Gasteiger partial charge < -0.3 is 35.0 Å². The molecule has 0 saturated carbocycles. The van der Waals surface area contributed by atoms with Crippen LogP contribution in [0.15, 0.2) is 54.6 Å². The Morgan fingerprint density at radius 1 is 1.00 bits per heavy atom. The van der Waals surface area contributed by atoms with E-state index in [4.69, 9.17) is 21.1 Å². The number of aryl methyl sites for hydroxylation is 1. The van der Waals surface area contributed by atoms with Crippen LogP contribution in [-0.2, 0) is 16.9 Å². The van der Waals surface area contributed by atoms with Crippen molar-refractivity contribution in [1.29, 1.82) is 0 Å². The van der Waals surface area contributed by atoms with Crippen molar-refractivity contribution < 1.29 is 35.0 Å². The SMILES string of the molecule is Cc1ccc(Oc2ccc(Cc3cc([C@]4(O)O[C@H](CO)[C@@H](O)[C@H](O)[C@H]4O)ccc3Cl)cc2)nn1. The molecule has 10 heteroatoms. The summed E-state index contributed by atoms with van der Waals surface area (Å²) in [6.45, 7) is 1.18. The number of aliphatic hydroxyl groups excluding tert-OH is 4. The molecule has 0 bridgehead atoms. The zero-order chi connectivity index (χ0) is 24.5. The first-order valence-electron chi connectivity index (χ1n) is 10.6. The average molecular weight is 489 g/mol. The molecule has 1 aliphatic rings. The summed E-state index contributed by atoms with van der Waals surface area (Å²) in [5.74, 6) is -1.39. The Balaban J connectivity index is 1.54. The molecule has 9 nitrogen and oxygen atoms in total. The van der Waals surface area contributed by atoms with Crippen LogP contribution in [0.4, 0.5) is 0 Å². The fraction of sp³-hybridized carbons (Fsp3) is 0.333. The minimum atomic E-state index is -2.35. The molecule has 3 aromatic rings. The Hall–Kier alpha value is -2.63. The normalized spacial score (nSPS) is 26.9. The van der Waals surface area contributed by atoms with Crippen LogP contribution in [0.1, 0.15) is 22.4 Å². The highest BCUT2D eigenvalue weighted by Gasteiger charge is 2.53. The van der Waals surface area contributed by atoms with Gasteiger partial charge in [-0.15, -0.1) is 5.10 Å². The topological polar surface area (TPSA) is 145 Å². The molecule has 1 aromatic heterocycles. The molecule has 1 fully saturated rings. The summed E-state index contributed by atoms with van der Waals surface area (Å²) >= 11 is 6.37. The van der Waals surface area contributed by atoms with Crippen LogP contribution in [0, 0.1) is 6.92 Å². The van der Waals surface area contributed by atoms with Gasteiger partial charge in [0.2, 0.25) is 11.7 Å². The van der Waals surface area contributed by atoms with Crippen LogP contribution in [0.25, 0.3) is 0 Å². The molecule has 5 atom stereocenters. The van der Waals surface area contributed by atoms with Gasteiger partial charge in [0.05, 0.1) is 12.3 Å². The number of ether oxygens (including phenoxy) is 2. The number of nitrogens with zero attached hydrogens (tertiary/aromatic N) is 2. The van der Waals surface area contributed by atoms with Gasteiger partial charge in [-0.05, 0) is 54.8 Å². The van der Waals surface area contributed by atoms with Crippen molar-refractivity contribution in [3.63, 3.8) is 0 Å². The molecule has 0 spiro atoms. The molecule has 0 aliphatic carbocycles. The quantitative estimate of drug-likeness (QED) is 0.348. The number of benzene rings is 2. The number of aliphatic hydroxyl groups is 5. The summed E-state index contributed by atoms with van der Waals surface area (Å²) in [7, 11) is 0. The van der Waals surface area contributed by atoms with E-state index < -0.39 is 36.8 Å². The number of hydrogen-bond acceptors (Lipinski definition) is 9. The zero-order valence-electron chi connectivity index (χ0n) is 18.2. The summed E-state index contributed by atoms with van der Waals surface area (Å²) in [5.41, 5.74) is 2.43. The summed E-state index contributed by atoms with van der Waals surface area (Å²) < 4.78 is 11.1. The van der Waals surface area contributed by atoms with Gasteiger partial charge in [-0.1, -0.05) is 29.8 Å².